The van der Waals surface area contributed by atoms with Gasteiger partial charge in [-0.2, -0.15) is 0 Å². The first-order valence-corrected chi connectivity index (χ1v) is 4.97. The molecule has 1 N–H and O–H groups in total. The summed E-state index contributed by atoms with van der Waals surface area (Å²) in [5.74, 6) is 0. The van der Waals surface area contributed by atoms with Crippen LogP contribution < -0.4 is 5.32 Å². The van der Waals surface area contributed by atoms with Gasteiger partial charge in [0.15, 0.2) is 0 Å². The molecule has 1 unspecified atom stereocenters. The lowest BCUT2D eigenvalue weighted by atomic mass is 9.81. The lowest BCUT2D eigenvalue weighted by Gasteiger charge is -2.27. The lowest BCUT2D eigenvalue weighted by molar-refractivity contribution is 0.270. The van der Waals surface area contributed by atoms with E-state index in [0.717, 1.165) is 0 Å². The van der Waals surface area contributed by atoms with Gasteiger partial charge in [0, 0.05) is 6.54 Å². The topological polar surface area (TPSA) is 12.0 Å². The Morgan fingerprint density at radius 2 is 2.18 bits per heavy atom. The maximum atomic E-state index is 3.52. The van der Waals surface area contributed by atoms with Crippen molar-refractivity contribution >= 4 is 0 Å². The van der Waals surface area contributed by atoms with Crippen LogP contribution in [0.3, 0.4) is 0 Å². The van der Waals surface area contributed by atoms with Crippen molar-refractivity contribution in [3.8, 4) is 0 Å². The van der Waals surface area contributed by atoms with Gasteiger partial charge in [-0.05, 0) is 31.2 Å². The first-order valence-electron chi connectivity index (χ1n) is 4.97. The molecular formula is C10H21N. The molecule has 1 saturated heterocycles. The Balaban J connectivity index is 2.38. The monoisotopic (exact) mass is 155 g/mol. The lowest BCUT2D eigenvalue weighted by Crippen LogP contribution is -2.29. The number of hydrogen-bond acceptors (Lipinski definition) is 1. The molecule has 0 radical (unpaired) electrons. The Bertz CT molecular complexity index is 101. The smallest absolute Gasteiger partial charge is 0.000516 e. The van der Waals surface area contributed by atoms with Gasteiger partial charge in [0.2, 0.25) is 0 Å². The molecule has 0 saturated carbocycles. The standard InChI is InChI=1S/C10H21N/c1-3-6-10(2)7-4-5-8-11-9-10/h11H,3-9H2,1-2H3. The Morgan fingerprint density at radius 1 is 1.36 bits per heavy atom. The van der Waals surface area contributed by atoms with Crippen molar-refractivity contribution < 1.29 is 0 Å². The fourth-order valence-electron chi connectivity index (χ4n) is 2.10. The van der Waals surface area contributed by atoms with E-state index in [4.69, 9.17) is 0 Å². The molecule has 0 aromatic rings. The van der Waals surface area contributed by atoms with Crippen molar-refractivity contribution in [1.82, 2.24) is 5.32 Å². The molecule has 0 bridgehead atoms. The van der Waals surface area contributed by atoms with Gasteiger partial charge in [0.05, 0.1) is 0 Å². The summed E-state index contributed by atoms with van der Waals surface area (Å²) in [6.07, 6.45) is 6.94. The van der Waals surface area contributed by atoms with Crippen LogP contribution >= 0.6 is 0 Å². The molecule has 1 fully saturated rings. The van der Waals surface area contributed by atoms with Gasteiger partial charge in [0.1, 0.15) is 0 Å². The van der Waals surface area contributed by atoms with Crippen LogP contribution in [0.5, 0.6) is 0 Å². The van der Waals surface area contributed by atoms with Crippen molar-refractivity contribution in [3.05, 3.63) is 0 Å². The van der Waals surface area contributed by atoms with Crippen LogP contribution in [0.1, 0.15) is 46.0 Å². The fourth-order valence-corrected chi connectivity index (χ4v) is 2.10. The van der Waals surface area contributed by atoms with E-state index in [1.807, 2.05) is 0 Å². The minimum absolute atomic E-state index is 0.602. The Hall–Kier alpha value is -0.0400. The van der Waals surface area contributed by atoms with E-state index in [9.17, 15) is 0 Å². The summed E-state index contributed by atoms with van der Waals surface area (Å²) < 4.78 is 0. The molecular weight excluding hydrogens is 134 g/mol. The van der Waals surface area contributed by atoms with Gasteiger partial charge in [-0.1, -0.05) is 26.7 Å². The van der Waals surface area contributed by atoms with Crippen LogP contribution in [0.15, 0.2) is 0 Å². The van der Waals surface area contributed by atoms with Crippen molar-refractivity contribution in [2.45, 2.75) is 46.0 Å². The van der Waals surface area contributed by atoms with E-state index in [-0.39, 0.29) is 0 Å². The molecule has 1 rings (SSSR count). The summed E-state index contributed by atoms with van der Waals surface area (Å²) in [4.78, 5) is 0. The van der Waals surface area contributed by atoms with Crippen molar-refractivity contribution in [1.29, 1.82) is 0 Å². The zero-order chi connectivity index (χ0) is 8.16. The number of nitrogens with one attached hydrogen (secondary N) is 1. The van der Waals surface area contributed by atoms with Crippen LogP contribution in [-0.4, -0.2) is 13.1 Å². The van der Waals surface area contributed by atoms with Crippen LogP contribution in [-0.2, 0) is 0 Å². The minimum atomic E-state index is 0.602. The SMILES string of the molecule is CCCC1(C)CCCCNC1. The molecule has 0 spiro atoms. The molecule has 0 amide bonds. The predicted molar refractivity (Wildman–Crippen MR) is 49.7 cm³/mol. The third kappa shape index (κ3) is 2.82. The number of rotatable bonds is 2. The first-order chi connectivity index (χ1) is 5.27. The van der Waals surface area contributed by atoms with Gasteiger partial charge in [-0.3, -0.25) is 0 Å². The predicted octanol–water partition coefficient (Wildman–Crippen LogP) is 2.57. The van der Waals surface area contributed by atoms with Crippen LogP contribution in [0.2, 0.25) is 0 Å². The molecule has 1 atom stereocenters. The van der Waals surface area contributed by atoms with Crippen LogP contribution in [0.4, 0.5) is 0 Å². The van der Waals surface area contributed by atoms with E-state index < -0.39 is 0 Å². The van der Waals surface area contributed by atoms with Gasteiger partial charge in [-0.25, -0.2) is 0 Å². The maximum absolute atomic E-state index is 3.52. The Morgan fingerprint density at radius 3 is 2.91 bits per heavy atom. The highest BCUT2D eigenvalue weighted by atomic mass is 14.9. The quantitative estimate of drug-likeness (QED) is 0.646. The zero-order valence-electron chi connectivity index (χ0n) is 7.95. The molecule has 1 aliphatic rings. The van der Waals surface area contributed by atoms with Gasteiger partial charge in [-0.15, -0.1) is 0 Å². The van der Waals surface area contributed by atoms with Gasteiger partial charge >= 0.3 is 0 Å². The molecule has 1 aliphatic heterocycles. The highest BCUT2D eigenvalue weighted by Gasteiger charge is 2.23. The average molecular weight is 155 g/mol. The van der Waals surface area contributed by atoms with E-state index in [0.29, 0.717) is 5.41 Å². The summed E-state index contributed by atoms with van der Waals surface area (Å²) in [6, 6.07) is 0. The van der Waals surface area contributed by atoms with E-state index in [1.54, 1.807) is 0 Å². The second-order valence-corrected chi connectivity index (χ2v) is 4.19. The molecule has 1 nitrogen and oxygen atoms in total. The summed E-state index contributed by atoms with van der Waals surface area (Å²) >= 11 is 0. The van der Waals surface area contributed by atoms with E-state index in [2.05, 4.69) is 19.2 Å². The minimum Gasteiger partial charge on any atom is -0.316 e. The molecule has 1 heterocycles. The maximum Gasteiger partial charge on any atom is 0.000516 e. The molecule has 0 aliphatic carbocycles. The third-order valence-corrected chi connectivity index (χ3v) is 2.79. The average Bonchev–Trinajstić information content (AvgIpc) is 2.15. The van der Waals surface area contributed by atoms with E-state index >= 15 is 0 Å². The number of hydrogen-bond donors (Lipinski definition) is 1. The molecule has 66 valence electrons. The van der Waals surface area contributed by atoms with Gasteiger partial charge in [0.25, 0.3) is 0 Å². The van der Waals surface area contributed by atoms with Crippen molar-refractivity contribution in [2.75, 3.05) is 13.1 Å². The highest BCUT2D eigenvalue weighted by molar-refractivity contribution is 4.78. The van der Waals surface area contributed by atoms with Crippen molar-refractivity contribution in [3.63, 3.8) is 0 Å². The molecule has 0 aromatic carbocycles. The summed E-state index contributed by atoms with van der Waals surface area (Å²) in [7, 11) is 0. The first kappa shape index (κ1) is 9.05. The normalized spacial score (nSPS) is 33.3. The molecule has 0 aromatic heterocycles. The second-order valence-electron chi connectivity index (χ2n) is 4.19. The summed E-state index contributed by atoms with van der Waals surface area (Å²) in [5.41, 5.74) is 0.602. The molecule has 11 heavy (non-hydrogen) atoms. The third-order valence-electron chi connectivity index (χ3n) is 2.79. The van der Waals surface area contributed by atoms with Gasteiger partial charge < -0.3 is 5.32 Å². The highest BCUT2D eigenvalue weighted by Crippen LogP contribution is 2.30. The Labute approximate surface area is 70.6 Å². The van der Waals surface area contributed by atoms with Crippen LogP contribution in [0.25, 0.3) is 0 Å². The van der Waals surface area contributed by atoms with Crippen molar-refractivity contribution in [2.24, 2.45) is 5.41 Å². The largest absolute Gasteiger partial charge is 0.316 e. The summed E-state index contributed by atoms with van der Waals surface area (Å²) in [6.45, 7) is 7.19. The fraction of sp³-hybridized carbons (Fsp3) is 1.00. The van der Waals surface area contributed by atoms with Crippen LogP contribution in [0, 0.1) is 5.41 Å². The second kappa shape index (κ2) is 4.10. The molecule has 1 heteroatoms. The summed E-state index contributed by atoms with van der Waals surface area (Å²) in [5, 5.41) is 3.52. The zero-order valence-corrected chi connectivity index (χ0v) is 7.95. The van der Waals surface area contributed by atoms with E-state index in [1.165, 1.54) is 45.2 Å². The Kier molecular flexibility index (Phi) is 3.38.